The average molecular weight is 537 g/mol. The van der Waals surface area contributed by atoms with Gasteiger partial charge in [-0.2, -0.15) is 5.10 Å². The summed E-state index contributed by atoms with van der Waals surface area (Å²) in [5, 5.41) is 5.25. The normalized spacial score (nSPS) is 24.8. The van der Waals surface area contributed by atoms with Gasteiger partial charge in [0.1, 0.15) is 5.83 Å². The summed E-state index contributed by atoms with van der Waals surface area (Å²) < 4.78 is 25.1. The number of aromatic amines is 1. The molecule has 5 heterocycles. The molecule has 2 aliphatic carbocycles. The number of benzene rings is 1. The summed E-state index contributed by atoms with van der Waals surface area (Å²) in [7, 11) is 1.58. The molecular weight excluding hydrogens is 503 g/mol. The van der Waals surface area contributed by atoms with Crippen LogP contribution in [0.2, 0.25) is 0 Å². The molecular formula is C32H33FN6O. The van der Waals surface area contributed by atoms with Gasteiger partial charge in [0, 0.05) is 61.9 Å². The van der Waals surface area contributed by atoms with E-state index in [1.165, 1.54) is 18.4 Å². The van der Waals surface area contributed by atoms with Crippen molar-refractivity contribution in [2.45, 2.75) is 69.9 Å². The van der Waals surface area contributed by atoms with E-state index >= 15 is 4.39 Å². The Morgan fingerprint density at radius 1 is 1.15 bits per heavy atom. The average Bonchev–Trinajstić information content (AvgIpc) is 3.56. The molecule has 40 heavy (non-hydrogen) atoms. The molecule has 204 valence electrons. The summed E-state index contributed by atoms with van der Waals surface area (Å²) in [5.74, 6) is 1.11. The number of aryl methyl sites for hydroxylation is 1. The molecule has 3 aromatic heterocycles. The van der Waals surface area contributed by atoms with Crippen LogP contribution in [-0.4, -0.2) is 38.4 Å². The van der Waals surface area contributed by atoms with Crippen LogP contribution in [0.3, 0.4) is 0 Å². The second kappa shape index (κ2) is 8.13. The number of para-hydroxylation sites is 1. The van der Waals surface area contributed by atoms with Gasteiger partial charge in [-0.3, -0.25) is 0 Å². The van der Waals surface area contributed by atoms with Crippen molar-refractivity contribution in [1.82, 2.24) is 24.7 Å². The molecule has 1 saturated carbocycles. The van der Waals surface area contributed by atoms with Crippen LogP contribution >= 0.6 is 0 Å². The number of aromatic nitrogens is 5. The van der Waals surface area contributed by atoms with Gasteiger partial charge in [0.25, 0.3) is 0 Å². The van der Waals surface area contributed by atoms with Crippen LogP contribution in [0.5, 0.6) is 0 Å². The third kappa shape index (κ3) is 2.95. The molecule has 2 unspecified atom stereocenters. The van der Waals surface area contributed by atoms with Crippen LogP contribution in [-0.2, 0) is 35.1 Å². The smallest absolute Gasteiger partial charge is 0.225 e. The Morgan fingerprint density at radius 3 is 2.67 bits per heavy atom. The quantitative estimate of drug-likeness (QED) is 0.353. The van der Waals surface area contributed by atoms with Gasteiger partial charge >= 0.3 is 0 Å². The standard InChI is InChI=1S/C32H33FN6O/c1-5-18-7-6-8-21-25-27(33)32(3,40-4)28-23(11-13-34-28)31(25,2)29-22-17-38(14-12-24(22)37-39(29)26(18)21)30-35-15-20(16-36-30)19-9-10-19/h6-8,11,13,15-16,19,34H,5,9-10,12,14,17H2,1-4H3. The molecule has 8 heteroatoms. The molecule has 1 fully saturated rings. The van der Waals surface area contributed by atoms with Crippen LogP contribution in [0.25, 0.3) is 11.3 Å². The largest absolute Gasteiger partial charge is 0.365 e. The summed E-state index contributed by atoms with van der Waals surface area (Å²) in [5.41, 5.74) is 7.94. The van der Waals surface area contributed by atoms with Gasteiger partial charge in [-0.05, 0) is 61.8 Å². The van der Waals surface area contributed by atoms with E-state index in [0.29, 0.717) is 18.0 Å². The fraction of sp³-hybridized carbons (Fsp3) is 0.406. The Morgan fingerprint density at radius 2 is 1.95 bits per heavy atom. The molecule has 4 aliphatic rings. The van der Waals surface area contributed by atoms with E-state index in [1.54, 1.807) is 7.11 Å². The SMILES string of the molecule is CCc1cccc2c1-n1nc3c(c1C1(C)C2=C(F)C(C)(OC)c2[nH]ccc21)CN(c1ncc(C2CC2)cn1)CC3. The van der Waals surface area contributed by atoms with Gasteiger partial charge in [0.15, 0.2) is 5.60 Å². The number of H-pyrrole nitrogens is 1. The van der Waals surface area contributed by atoms with Crippen molar-refractivity contribution < 1.29 is 9.13 Å². The van der Waals surface area contributed by atoms with Crippen molar-refractivity contribution >= 4 is 11.5 Å². The van der Waals surface area contributed by atoms with Crippen LogP contribution in [0.4, 0.5) is 10.3 Å². The number of methoxy groups -OCH3 is 1. The lowest BCUT2D eigenvalue weighted by atomic mass is 9.61. The van der Waals surface area contributed by atoms with Crippen molar-refractivity contribution in [3.63, 3.8) is 0 Å². The zero-order chi connectivity index (χ0) is 27.4. The molecule has 7 nitrogen and oxygen atoms in total. The number of allylic oxidation sites excluding steroid dienone is 1. The Balaban J connectivity index is 1.37. The van der Waals surface area contributed by atoms with E-state index in [0.717, 1.165) is 70.4 Å². The van der Waals surface area contributed by atoms with Gasteiger partial charge in [-0.25, -0.2) is 19.0 Å². The first-order valence-electron chi connectivity index (χ1n) is 14.3. The number of nitrogens with one attached hydrogen (secondary N) is 1. The molecule has 1 aromatic carbocycles. The minimum Gasteiger partial charge on any atom is -0.365 e. The molecule has 2 aliphatic heterocycles. The van der Waals surface area contributed by atoms with Gasteiger partial charge in [-0.15, -0.1) is 0 Å². The number of ether oxygens (including phenoxy) is 1. The van der Waals surface area contributed by atoms with Crippen molar-refractivity contribution in [3.05, 3.63) is 93.6 Å². The van der Waals surface area contributed by atoms with Gasteiger partial charge in [0.05, 0.1) is 28.2 Å². The first-order chi connectivity index (χ1) is 19.4. The maximum absolute atomic E-state index is 17.0. The molecule has 0 spiro atoms. The third-order valence-electron chi connectivity index (χ3n) is 9.79. The highest BCUT2D eigenvalue weighted by Crippen LogP contribution is 2.60. The summed E-state index contributed by atoms with van der Waals surface area (Å²) in [6.07, 6.45) is 9.94. The van der Waals surface area contributed by atoms with E-state index in [2.05, 4.69) is 40.5 Å². The van der Waals surface area contributed by atoms with Crippen LogP contribution in [0.15, 0.2) is 48.7 Å². The Kier molecular flexibility index (Phi) is 4.89. The second-order valence-corrected chi connectivity index (χ2v) is 11.9. The lowest BCUT2D eigenvalue weighted by molar-refractivity contribution is 0.00975. The number of hydrogen-bond donors (Lipinski definition) is 1. The van der Waals surface area contributed by atoms with Crippen LogP contribution in [0.1, 0.15) is 84.4 Å². The maximum Gasteiger partial charge on any atom is 0.225 e. The molecule has 8 rings (SSSR count). The third-order valence-corrected chi connectivity index (χ3v) is 9.79. The Bertz CT molecular complexity index is 1710. The zero-order valence-corrected chi connectivity index (χ0v) is 23.4. The highest BCUT2D eigenvalue weighted by atomic mass is 19.1. The minimum absolute atomic E-state index is 0.255. The lowest BCUT2D eigenvalue weighted by Crippen LogP contribution is -2.44. The van der Waals surface area contributed by atoms with Crippen molar-refractivity contribution in [2.75, 3.05) is 18.6 Å². The number of hydrogen-bond acceptors (Lipinski definition) is 5. The van der Waals surface area contributed by atoms with E-state index in [9.17, 15) is 0 Å². The van der Waals surface area contributed by atoms with Crippen molar-refractivity contribution in [3.8, 4) is 5.69 Å². The summed E-state index contributed by atoms with van der Waals surface area (Å²) >= 11 is 0. The van der Waals surface area contributed by atoms with Gasteiger partial charge < -0.3 is 14.6 Å². The molecule has 2 atom stereocenters. The second-order valence-electron chi connectivity index (χ2n) is 11.9. The van der Waals surface area contributed by atoms with Crippen molar-refractivity contribution in [1.29, 1.82) is 0 Å². The van der Waals surface area contributed by atoms with E-state index < -0.39 is 11.0 Å². The predicted octanol–water partition coefficient (Wildman–Crippen LogP) is 5.87. The monoisotopic (exact) mass is 536 g/mol. The fourth-order valence-electron chi connectivity index (χ4n) is 7.38. The molecule has 0 saturated heterocycles. The van der Waals surface area contributed by atoms with Gasteiger partial charge in [0.2, 0.25) is 5.95 Å². The van der Waals surface area contributed by atoms with Crippen LogP contribution in [0, 0.1) is 0 Å². The van der Waals surface area contributed by atoms with Crippen LogP contribution < -0.4 is 4.90 Å². The number of anilines is 1. The summed E-state index contributed by atoms with van der Waals surface area (Å²) in [6, 6.07) is 8.29. The molecule has 4 aromatic rings. The first kappa shape index (κ1) is 24.1. The summed E-state index contributed by atoms with van der Waals surface area (Å²) in [6.45, 7) is 7.53. The minimum atomic E-state index is -1.21. The molecule has 0 radical (unpaired) electrons. The lowest BCUT2D eigenvalue weighted by Gasteiger charge is -2.46. The number of fused-ring (bicyclic) bond motifs is 10. The Hall–Kier alpha value is -3.78. The van der Waals surface area contributed by atoms with E-state index in [4.69, 9.17) is 19.8 Å². The number of halogens is 1. The highest BCUT2D eigenvalue weighted by molar-refractivity contribution is 5.90. The molecule has 1 N–H and O–H groups in total. The number of rotatable bonds is 4. The molecule has 0 bridgehead atoms. The number of nitrogens with zero attached hydrogens (tertiary/aromatic N) is 5. The Labute approximate surface area is 233 Å². The predicted molar refractivity (Wildman–Crippen MR) is 151 cm³/mol. The van der Waals surface area contributed by atoms with E-state index in [-0.39, 0.29) is 5.83 Å². The van der Waals surface area contributed by atoms with E-state index in [1.807, 2.05) is 37.6 Å². The summed E-state index contributed by atoms with van der Waals surface area (Å²) in [4.78, 5) is 15.1. The molecule has 0 amide bonds. The van der Waals surface area contributed by atoms with Gasteiger partial charge in [-0.1, -0.05) is 25.1 Å². The first-order valence-corrected chi connectivity index (χ1v) is 14.3. The topological polar surface area (TPSA) is 71.9 Å². The maximum atomic E-state index is 17.0. The van der Waals surface area contributed by atoms with Crippen molar-refractivity contribution in [2.24, 2.45) is 0 Å². The zero-order valence-electron chi connectivity index (χ0n) is 23.4. The highest BCUT2D eigenvalue weighted by Gasteiger charge is 2.56. The fourth-order valence-corrected chi connectivity index (χ4v) is 7.38.